The van der Waals surface area contributed by atoms with Gasteiger partial charge in [0.1, 0.15) is 23.9 Å². The summed E-state index contributed by atoms with van der Waals surface area (Å²) in [4.78, 5) is 8.19. The monoisotopic (exact) mass is 317 g/mol. The molecule has 3 aromatic rings. The van der Waals surface area contributed by atoms with Gasteiger partial charge in [-0.3, -0.25) is 0 Å². The van der Waals surface area contributed by atoms with Crippen LogP contribution >= 0.6 is 0 Å². The second kappa shape index (κ2) is 7.25. The van der Waals surface area contributed by atoms with Gasteiger partial charge in [0.05, 0.1) is 11.6 Å². The topological polar surface area (TPSA) is 68.0 Å². The van der Waals surface area contributed by atoms with E-state index >= 15 is 0 Å². The molecular weight excluding hydrogens is 302 g/mol. The smallest absolute Gasteiger partial charge is 0.226 e. The van der Waals surface area contributed by atoms with E-state index in [-0.39, 0.29) is 0 Å². The second-order valence-corrected chi connectivity index (χ2v) is 4.97. The molecule has 0 saturated heterocycles. The Labute approximate surface area is 140 Å². The lowest BCUT2D eigenvalue weighted by molar-refractivity contribution is 0.430. The van der Waals surface area contributed by atoms with E-state index in [2.05, 4.69) is 23.0 Å². The van der Waals surface area contributed by atoms with Gasteiger partial charge in [0.15, 0.2) is 0 Å². The molecule has 0 unspecified atom stereocenters. The maximum atomic E-state index is 9.12. The lowest BCUT2D eigenvalue weighted by Gasteiger charge is -2.10. The molecule has 0 fully saturated rings. The van der Waals surface area contributed by atoms with E-state index in [1.54, 1.807) is 30.3 Å². The number of ether oxygens (including phenoxy) is 2. The predicted octanol–water partition coefficient (Wildman–Crippen LogP) is 4.50. The molecule has 24 heavy (non-hydrogen) atoms. The van der Waals surface area contributed by atoms with Gasteiger partial charge < -0.3 is 9.47 Å². The van der Waals surface area contributed by atoms with Crippen LogP contribution in [0.5, 0.6) is 23.3 Å². The summed E-state index contributed by atoms with van der Waals surface area (Å²) in [7, 11) is 0. The first-order valence-electron chi connectivity index (χ1n) is 7.55. The van der Waals surface area contributed by atoms with E-state index in [1.807, 2.05) is 24.3 Å². The van der Waals surface area contributed by atoms with E-state index in [1.165, 1.54) is 6.33 Å². The van der Waals surface area contributed by atoms with Crippen molar-refractivity contribution in [2.45, 2.75) is 13.3 Å². The summed E-state index contributed by atoms with van der Waals surface area (Å²) >= 11 is 0. The summed E-state index contributed by atoms with van der Waals surface area (Å²) in [6.45, 7) is 2.07. The molecule has 1 aromatic heterocycles. The minimum Gasteiger partial charge on any atom is -0.438 e. The molecule has 0 bridgehead atoms. The van der Waals surface area contributed by atoms with Crippen LogP contribution in [0.4, 0.5) is 0 Å². The van der Waals surface area contributed by atoms with Gasteiger partial charge in [-0.05, 0) is 30.2 Å². The van der Waals surface area contributed by atoms with E-state index in [4.69, 9.17) is 14.7 Å². The van der Waals surface area contributed by atoms with Crippen LogP contribution in [0.1, 0.15) is 18.1 Å². The Morgan fingerprint density at radius 2 is 1.54 bits per heavy atom. The predicted molar refractivity (Wildman–Crippen MR) is 89.2 cm³/mol. The summed E-state index contributed by atoms with van der Waals surface area (Å²) in [5.74, 6) is 1.90. The molecule has 0 N–H and O–H groups in total. The van der Waals surface area contributed by atoms with Crippen molar-refractivity contribution in [3.63, 3.8) is 0 Å². The van der Waals surface area contributed by atoms with Crippen molar-refractivity contribution in [2.24, 2.45) is 0 Å². The van der Waals surface area contributed by atoms with Gasteiger partial charge in [-0.1, -0.05) is 37.3 Å². The molecule has 118 valence electrons. The van der Waals surface area contributed by atoms with Crippen LogP contribution in [0.25, 0.3) is 0 Å². The molecule has 0 saturated carbocycles. The second-order valence-electron chi connectivity index (χ2n) is 4.97. The van der Waals surface area contributed by atoms with E-state index < -0.39 is 0 Å². The first-order valence-corrected chi connectivity index (χ1v) is 7.55. The van der Waals surface area contributed by atoms with E-state index in [0.29, 0.717) is 23.1 Å². The average molecular weight is 317 g/mol. The van der Waals surface area contributed by atoms with Gasteiger partial charge >= 0.3 is 0 Å². The molecule has 5 nitrogen and oxygen atoms in total. The van der Waals surface area contributed by atoms with Crippen LogP contribution in [0.3, 0.4) is 0 Å². The van der Waals surface area contributed by atoms with Crippen LogP contribution in [0.15, 0.2) is 60.9 Å². The zero-order valence-electron chi connectivity index (χ0n) is 13.1. The summed E-state index contributed by atoms with van der Waals surface area (Å²) in [6, 6.07) is 18.5. The number of rotatable bonds is 5. The molecule has 5 heteroatoms. The molecular formula is C19H15N3O2. The molecule has 2 aromatic carbocycles. The van der Waals surface area contributed by atoms with Crippen molar-refractivity contribution in [1.29, 1.82) is 5.26 Å². The van der Waals surface area contributed by atoms with Gasteiger partial charge in [0.25, 0.3) is 0 Å². The first kappa shape index (κ1) is 15.5. The van der Waals surface area contributed by atoms with Crippen molar-refractivity contribution in [3.05, 3.63) is 72.1 Å². The fourth-order valence-corrected chi connectivity index (χ4v) is 2.20. The minimum absolute atomic E-state index is 0.316. The van der Waals surface area contributed by atoms with Crippen molar-refractivity contribution in [2.75, 3.05) is 0 Å². The number of aromatic nitrogens is 2. The Hall–Kier alpha value is -3.39. The van der Waals surface area contributed by atoms with E-state index in [0.717, 1.165) is 17.7 Å². The number of hydrogen-bond acceptors (Lipinski definition) is 5. The quantitative estimate of drug-likeness (QED) is 0.693. The third-order valence-corrected chi connectivity index (χ3v) is 3.41. The Bertz CT molecular complexity index is 888. The highest BCUT2D eigenvalue weighted by Crippen LogP contribution is 2.28. The highest BCUT2D eigenvalue weighted by Gasteiger charge is 2.08. The molecule has 0 atom stereocenters. The highest BCUT2D eigenvalue weighted by atomic mass is 16.5. The number of aryl methyl sites for hydroxylation is 1. The first-order chi connectivity index (χ1) is 11.8. The molecule has 0 amide bonds. The lowest BCUT2D eigenvalue weighted by atomic mass is 10.1. The van der Waals surface area contributed by atoms with Crippen molar-refractivity contribution in [1.82, 2.24) is 9.97 Å². The van der Waals surface area contributed by atoms with Crippen molar-refractivity contribution in [3.8, 4) is 29.3 Å². The Kier molecular flexibility index (Phi) is 4.68. The van der Waals surface area contributed by atoms with E-state index in [9.17, 15) is 0 Å². The molecule has 1 heterocycles. The number of para-hydroxylation sites is 2. The zero-order chi connectivity index (χ0) is 16.8. The molecule has 0 aliphatic heterocycles. The van der Waals surface area contributed by atoms with Crippen molar-refractivity contribution < 1.29 is 9.47 Å². The molecule has 0 aliphatic rings. The average Bonchev–Trinajstić information content (AvgIpc) is 2.63. The fraction of sp³-hybridized carbons (Fsp3) is 0.105. The summed E-state index contributed by atoms with van der Waals surface area (Å²) < 4.78 is 11.5. The molecule has 0 radical (unpaired) electrons. The Balaban J connectivity index is 1.83. The maximum absolute atomic E-state index is 9.12. The molecule has 0 aliphatic carbocycles. The Morgan fingerprint density at radius 1 is 0.917 bits per heavy atom. The van der Waals surface area contributed by atoms with Gasteiger partial charge in [0, 0.05) is 0 Å². The maximum Gasteiger partial charge on any atom is 0.226 e. The normalized spacial score (nSPS) is 10.0. The van der Waals surface area contributed by atoms with Gasteiger partial charge in [-0.2, -0.15) is 5.26 Å². The van der Waals surface area contributed by atoms with Gasteiger partial charge in [-0.25, -0.2) is 9.97 Å². The number of nitrogens with zero attached hydrogens (tertiary/aromatic N) is 3. The third-order valence-electron chi connectivity index (χ3n) is 3.41. The highest BCUT2D eigenvalue weighted by molar-refractivity contribution is 5.44. The lowest BCUT2D eigenvalue weighted by Crippen LogP contribution is -1.95. The van der Waals surface area contributed by atoms with Crippen molar-refractivity contribution >= 4 is 0 Å². The fourth-order valence-electron chi connectivity index (χ4n) is 2.20. The van der Waals surface area contributed by atoms with Gasteiger partial charge in [-0.15, -0.1) is 0 Å². The van der Waals surface area contributed by atoms with Crippen LogP contribution in [0.2, 0.25) is 0 Å². The third kappa shape index (κ3) is 3.50. The summed E-state index contributed by atoms with van der Waals surface area (Å²) in [5, 5.41) is 9.12. The van der Waals surface area contributed by atoms with Crippen LogP contribution < -0.4 is 9.47 Å². The number of hydrogen-bond donors (Lipinski definition) is 0. The zero-order valence-corrected chi connectivity index (χ0v) is 13.1. The Morgan fingerprint density at radius 3 is 2.25 bits per heavy atom. The minimum atomic E-state index is 0.316. The van der Waals surface area contributed by atoms with Gasteiger partial charge in [0.2, 0.25) is 11.8 Å². The van der Waals surface area contributed by atoms with Crippen LogP contribution in [0, 0.1) is 11.3 Å². The summed E-state index contributed by atoms with van der Waals surface area (Å²) in [5.41, 5.74) is 1.53. The van der Waals surface area contributed by atoms with Crippen LogP contribution in [-0.2, 0) is 6.42 Å². The van der Waals surface area contributed by atoms with Crippen LogP contribution in [-0.4, -0.2) is 9.97 Å². The largest absolute Gasteiger partial charge is 0.438 e. The number of nitriles is 1. The standard InChI is InChI=1S/C19H15N3O2/c1-2-14-7-3-5-9-16(14)23-18-11-19(22-13-21-18)24-17-10-6-4-8-15(17)12-20/h3-11,13H,2H2,1H3. The summed E-state index contributed by atoms with van der Waals surface area (Å²) in [6.07, 6.45) is 2.23. The molecule has 3 rings (SSSR count). The molecule has 0 spiro atoms. The number of benzene rings is 2. The SMILES string of the molecule is CCc1ccccc1Oc1cc(Oc2ccccc2C#N)ncn1.